The molecule has 0 saturated heterocycles. The second-order valence-electron chi connectivity index (χ2n) is 7.81. The number of fused-ring (bicyclic) bond motifs is 1. The SMILES string of the molecule is O=C(Nc1ccccc1OC(F)(F)F)c1cc(-c2ccccc2)nc2c1cnn2Cc1ccncc1. The number of amides is 1. The third-order valence-electron chi connectivity index (χ3n) is 5.37. The molecule has 2 aromatic carbocycles. The topological polar surface area (TPSA) is 81.9 Å². The standard InChI is InChI=1S/C26H18F3N5O2/c27-26(28,29)36-23-9-5-4-8-21(23)33-25(35)19-14-22(18-6-2-1-3-7-18)32-24-20(19)15-31-34(24)16-17-10-12-30-13-11-17/h1-15H,16H2,(H,33,35). The molecule has 10 heteroatoms. The second kappa shape index (κ2) is 9.49. The molecular weight excluding hydrogens is 471 g/mol. The quantitative estimate of drug-likeness (QED) is 0.331. The van der Waals surface area contributed by atoms with E-state index in [0.29, 0.717) is 23.3 Å². The first-order valence-corrected chi connectivity index (χ1v) is 10.8. The van der Waals surface area contributed by atoms with Crippen LogP contribution in [0.1, 0.15) is 15.9 Å². The van der Waals surface area contributed by atoms with Gasteiger partial charge in [-0.25, -0.2) is 9.67 Å². The number of carbonyl (C=O) groups excluding carboxylic acids is 1. The van der Waals surface area contributed by atoms with E-state index in [-0.39, 0.29) is 11.3 Å². The number of carbonyl (C=O) groups is 1. The van der Waals surface area contributed by atoms with Gasteiger partial charge in [-0.3, -0.25) is 9.78 Å². The summed E-state index contributed by atoms with van der Waals surface area (Å²) in [6, 6.07) is 19.9. The summed E-state index contributed by atoms with van der Waals surface area (Å²) < 4.78 is 44.3. The zero-order chi connectivity index (χ0) is 25.1. The first-order valence-electron chi connectivity index (χ1n) is 10.8. The second-order valence-corrected chi connectivity index (χ2v) is 7.81. The average Bonchev–Trinajstić information content (AvgIpc) is 3.27. The van der Waals surface area contributed by atoms with Gasteiger partial charge in [-0.05, 0) is 35.9 Å². The Labute approximate surface area is 203 Å². The van der Waals surface area contributed by atoms with Gasteiger partial charge in [0.1, 0.15) is 0 Å². The molecule has 0 saturated carbocycles. The number of nitrogens with one attached hydrogen (secondary N) is 1. The lowest BCUT2D eigenvalue weighted by molar-refractivity contribution is -0.274. The molecule has 0 aliphatic heterocycles. The summed E-state index contributed by atoms with van der Waals surface area (Å²) in [5, 5.41) is 7.42. The summed E-state index contributed by atoms with van der Waals surface area (Å²) in [4.78, 5) is 22.1. The van der Waals surface area contributed by atoms with Crippen molar-refractivity contribution in [1.82, 2.24) is 19.7 Å². The number of rotatable bonds is 6. The predicted octanol–water partition coefficient (Wildman–Crippen LogP) is 5.69. The van der Waals surface area contributed by atoms with Gasteiger partial charge < -0.3 is 10.1 Å². The molecule has 1 N–H and O–H groups in total. The van der Waals surface area contributed by atoms with E-state index in [1.807, 2.05) is 42.5 Å². The van der Waals surface area contributed by atoms with E-state index < -0.39 is 18.0 Å². The molecule has 5 aromatic rings. The molecule has 0 atom stereocenters. The van der Waals surface area contributed by atoms with E-state index >= 15 is 0 Å². The Morgan fingerprint density at radius 1 is 0.972 bits per heavy atom. The fraction of sp³-hybridized carbons (Fsp3) is 0.0769. The van der Waals surface area contributed by atoms with Gasteiger partial charge in [-0.2, -0.15) is 5.10 Å². The first-order chi connectivity index (χ1) is 17.4. The molecule has 1 amide bonds. The van der Waals surface area contributed by atoms with Crippen LogP contribution in [0.3, 0.4) is 0 Å². The Balaban J connectivity index is 1.58. The lowest BCUT2D eigenvalue weighted by Crippen LogP contribution is -2.19. The highest BCUT2D eigenvalue weighted by atomic mass is 19.4. The van der Waals surface area contributed by atoms with Crippen molar-refractivity contribution in [3.05, 3.63) is 103 Å². The fourth-order valence-corrected chi connectivity index (χ4v) is 3.74. The summed E-state index contributed by atoms with van der Waals surface area (Å²) in [5.41, 5.74) is 2.77. The van der Waals surface area contributed by atoms with Crippen LogP contribution in [0.4, 0.5) is 18.9 Å². The summed E-state index contributed by atoms with van der Waals surface area (Å²) in [5.74, 6) is -1.14. The highest BCUT2D eigenvalue weighted by Crippen LogP contribution is 2.31. The molecule has 0 spiro atoms. The van der Waals surface area contributed by atoms with E-state index in [4.69, 9.17) is 4.98 Å². The van der Waals surface area contributed by atoms with Crippen LogP contribution in [0.5, 0.6) is 5.75 Å². The number of ether oxygens (including phenoxy) is 1. The molecule has 7 nitrogen and oxygen atoms in total. The minimum atomic E-state index is -4.90. The summed E-state index contributed by atoms with van der Waals surface area (Å²) >= 11 is 0. The Morgan fingerprint density at radius 2 is 1.69 bits per heavy atom. The molecular formula is C26H18F3N5O2. The molecule has 180 valence electrons. The van der Waals surface area contributed by atoms with Crippen molar-refractivity contribution >= 4 is 22.6 Å². The maximum absolute atomic E-state index is 13.4. The third-order valence-corrected chi connectivity index (χ3v) is 5.37. The van der Waals surface area contributed by atoms with Crippen molar-refractivity contribution < 1.29 is 22.7 Å². The predicted molar refractivity (Wildman–Crippen MR) is 127 cm³/mol. The van der Waals surface area contributed by atoms with Crippen LogP contribution in [0.2, 0.25) is 0 Å². The molecule has 5 rings (SSSR count). The van der Waals surface area contributed by atoms with Crippen molar-refractivity contribution in [2.24, 2.45) is 0 Å². The first kappa shape index (κ1) is 23.0. The number of nitrogens with zero attached hydrogens (tertiary/aromatic N) is 4. The van der Waals surface area contributed by atoms with Crippen LogP contribution >= 0.6 is 0 Å². The number of hydrogen-bond acceptors (Lipinski definition) is 5. The number of anilines is 1. The average molecular weight is 489 g/mol. The third kappa shape index (κ3) is 5.02. The van der Waals surface area contributed by atoms with Gasteiger partial charge in [0.2, 0.25) is 0 Å². The maximum Gasteiger partial charge on any atom is 0.573 e. The number of para-hydroxylation sites is 2. The summed E-state index contributed by atoms with van der Waals surface area (Å²) in [7, 11) is 0. The number of alkyl halides is 3. The molecule has 0 aliphatic carbocycles. The van der Waals surface area contributed by atoms with Crippen molar-refractivity contribution in [1.29, 1.82) is 0 Å². The summed E-state index contributed by atoms with van der Waals surface area (Å²) in [6.07, 6.45) is -0.0446. The van der Waals surface area contributed by atoms with Crippen molar-refractivity contribution in [2.75, 3.05) is 5.32 Å². The minimum absolute atomic E-state index is 0.116. The smallest absolute Gasteiger partial charge is 0.404 e. The zero-order valence-electron chi connectivity index (χ0n) is 18.6. The van der Waals surface area contributed by atoms with Crippen LogP contribution < -0.4 is 10.1 Å². The van der Waals surface area contributed by atoms with Crippen LogP contribution in [-0.4, -0.2) is 32.0 Å². The van der Waals surface area contributed by atoms with Crippen LogP contribution in [-0.2, 0) is 6.54 Å². The molecule has 0 aliphatic rings. The molecule has 3 aromatic heterocycles. The van der Waals surface area contributed by atoms with Crippen molar-refractivity contribution in [2.45, 2.75) is 12.9 Å². The monoisotopic (exact) mass is 489 g/mol. The largest absolute Gasteiger partial charge is 0.573 e. The zero-order valence-corrected chi connectivity index (χ0v) is 18.6. The number of pyridine rings is 2. The number of hydrogen-bond donors (Lipinski definition) is 1. The van der Waals surface area contributed by atoms with Gasteiger partial charge in [0.15, 0.2) is 11.4 Å². The Morgan fingerprint density at radius 3 is 2.44 bits per heavy atom. The number of aromatic nitrogens is 4. The van der Waals surface area contributed by atoms with E-state index in [1.165, 1.54) is 24.4 Å². The van der Waals surface area contributed by atoms with Gasteiger partial charge >= 0.3 is 6.36 Å². The lowest BCUT2D eigenvalue weighted by atomic mass is 10.1. The van der Waals surface area contributed by atoms with E-state index in [0.717, 1.165) is 17.2 Å². The maximum atomic E-state index is 13.4. The van der Waals surface area contributed by atoms with Gasteiger partial charge in [0.05, 0.1) is 35.1 Å². The van der Waals surface area contributed by atoms with E-state index in [1.54, 1.807) is 23.1 Å². The number of benzene rings is 2. The van der Waals surface area contributed by atoms with E-state index in [2.05, 4.69) is 20.1 Å². The van der Waals surface area contributed by atoms with Gasteiger partial charge in [0, 0.05) is 18.0 Å². The molecule has 0 radical (unpaired) electrons. The lowest BCUT2D eigenvalue weighted by Gasteiger charge is -2.14. The Kier molecular flexibility index (Phi) is 6.07. The normalized spacial score (nSPS) is 11.4. The summed E-state index contributed by atoms with van der Waals surface area (Å²) in [6.45, 7) is 0.389. The molecule has 36 heavy (non-hydrogen) atoms. The van der Waals surface area contributed by atoms with Gasteiger partial charge in [0.25, 0.3) is 5.91 Å². The van der Waals surface area contributed by atoms with Crippen molar-refractivity contribution in [3.63, 3.8) is 0 Å². The minimum Gasteiger partial charge on any atom is -0.404 e. The van der Waals surface area contributed by atoms with Crippen molar-refractivity contribution in [3.8, 4) is 17.0 Å². The van der Waals surface area contributed by atoms with Crippen LogP contribution in [0.15, 0.2) is 91.4 Å². The van der Waals surface area contributed by atoms with E-state index in [9.17, 15) is 18.0 Å². The molecule has 0 unspecified atom stereocenters. The fourth-order valence-electron chi connectivity index (χ4n) is 3.74. The molecule has 0 bridgehead atoms. The molecule has 0 fully saturated rings. The van der Waals surface area contributed by atoms with Crippen LogP contribution in [0.25, 0.3) is 22.3 Å². The van der Waals surface area contributed by atoms with Crippen LogP contribution in [0, 0.1) is 0 Å². The highest BCUT2D eigenvalue weighted by Gasteiger charge is 2.32. The van der Waals surface area contributed by atoms with Gasteiger partial charge in [-0.15, -0.1) is 13.2 Å². The Hall–Kier alpha value is -4.73. The number of halogens is 3. The molecule has 3 heterocycles. The van der Waals surface area contributed by atoms with Gasteiger partial charge in [-0.1, -0.05) is 42.5 Å². The highest BCUT2D eigenvalue weighted by molar-refractivity contribution is 6.13. The Bertz CT molecular complexity index is 1520.